The number of aliphatic hydroxyl groups excluding tert-OH is 2. The van der Waals surface area contributed by atoms with Crippen LogP contribution in [-0.2, 0) is 4.74 Å². The van der Waals surface area contributed by atoms with Crippen molar-refractivity contribution in [1.82, 2.24) is 19.5 Å². The molecule has 1 saturated heterocycles. The highest BCUT2D eigenvalue weighted by Crippen LogP contribution is 2.39. The molecule has 0 spiro atoms. The van der Waals surface area contributed by atoms with Gasteiger partial charge in [0.1, 0.15) is 17.7 Å². The molecule has 0 aliphatic carbocycles. The van der Waals surface area contributed by atoms with Crippen LogP contribution in [0.25, 0.3) is 11.2 Å². The Bertz CT molecular complexity index is 767. The van der Waals surface area contributed by atoms with E-state index in [1.807, 2.05) is 0 Å². The van der Waals surface area contributed by atoms with Crippen molar-refractivity contribution in [2.24, 2.45) is 0 Å². The standard InChI is InChI=1S/C13H15N5O4/c1-2-3-13(21)9(20)8(5-19)22-11(13)18-6-16-7-4-15-12(14)17-10(7)18/h4,6,8-9,11,19-21H,5H2,1H3,(H2,14,15,17)/t8-,9?,11-,13-/m1/s1. The highest BCUT2D eigenvalue weighted by Gasteiger charge is 2.55. The summed E-state index contributed by atoms with van der Waals surface area (Å²) in [6.07, 6.45) is -0.628. The summed E-state index contributed by atoms with van der Waals surface area (Å²) in [5.74, 6) is 5.15. The van der Waals surface area contributed by atoms with E-state index in [2.05, 4.69) is 26.8 Å². The molecular formula is C13H15N5O4. The van der Waals surface area contributed by atoms with Crippen LogP contribution in [0, 0.1) is 11.8 Å². The zero-order chi connectivity index (χ0) is 15.9. The van der Waals surface area contributed by atoms with Gasteiger partial charge in [0.25, 0.3) is 0 Å². The average Bonchev–Trinajstić information content (AvgIpc) is 3.00. The number of nitrogen functional groups attached to an aromatic ring is 1. The molecule has 0 amide bonds. The molecule has 9 heteroatoms. The highest BCUT2D eigenvalue weighted by molar-refractivity contribution is 5.70. The molecule has 1 fully saturated rings. The van der Waals surface area contributed by atoms with Crippen molar-refractivity contribution in [2.75, 3.05) is 12.3 Å². The summed E-state index contributed by atoms with van der Waals surface area (Å²) in [5.41, 5.74) is 4.45. The largest absolute Gasteiger partial charge is 0.394 e. The van der Waals surface area contributed by atoms with Gasteiger partial charge in [-0.3, -0.25) is 4.57 Å². The summed E-state index contributed by atoms with van der Waals surface area (Å²) < 4.78 is 6.97. The summed E-state index contributed by atoms with van der Waals surface area (Å²) in [6, 6.07) is 0. The van der Waals surface area contributed by atoms with E-state index in [4.69, 9.17) is 10.5 Å². The smallest absolute Gasteiger partial charge is 0.222 e. The molecule has 1 aliphatic rings. The Hall–Kier alpha value is -2.25. The van der Waals surface area contributed by atoms with E-state index >= 15 is 0 Å². The Morgan fingerprint density at radius 2 is 2.27 bits per heavy atom. The van der Waals surface area contributed by atoms with Gasteiger partial charge in [0.15, 0.2) is 17.5 Å². The number of imidazole rings is 1. The highest BCUT2D eigenvalue weighted by atomic mass is 16.6. The van der Waals surface area contributed by atoms with E-state index in [-0.39, 0.29) is 5.95 Å². The third-order valence-corrected chi connectivity index (χ3v) is 3.58. The second-order valence-corrected chi connectivity index (χ2v) is 4.94. The SMILES string of the molecule is CC#C[C@@]1(O)C(O)[C@@H](CO)O[C@H]1n1cnc2cnc(N)nc21. The summed E-state index contributed by atoms with van der Waals surface area (Å²) >= 11 is 0. The van der Waals surface area contributed by atoms with Gasteiger partial charge >= 0.3 is 0 Å². The molecule has 0 bridgehead atoms. The van der Waals surface area contributed by atoms with Crippen LogP contribution in [0.15, 0.2) is 12.5 Å². The van der Waals surface area contributed by atoms with Gasteiger partial charge in [0, 0.05) is 0 Å². The fraction of sp³-hybridized carbons (Fsp3) is 0.462. The third-order valence-electron chi connectivity index (χ3n) is 3.58. The minimum Gasteiger partial charge on any atom is -0.394 e. The zero-order valence-electron chi connectivity index (χ0n) is 11.7. The first-order valence-corrected chi connectivity index (χ1v) is 6.57. The first-order valence-electron chi connectivity index (χ1n) is 6.57. The molecule has 0 radical (unpaired) electrons. The minimum atomic E-state index is -1.91. The third kappa shape index (κ3) is 2.01. The van der Waals surface area contributed by atoms with Crippen LogP contribution in [0.5, 0.6) is 0 Å². The van der Waals surface area contributed by atoms with Gasteiger partial charge in [0.2, 0.25) is 5.95 Å². The van der Waals surface area contributed by atoms with E-state index in [0.717, 1.165) is 0 Å². The number of hydrogen-bond donors (Lipinski definition) is 4. The quantitative estimate of drug-likeness (QED) is 0.487. The molecule has 4 atom stereocenters. The van der Waals surface area contributed by atoms with Gasteiger partial charge in [0.05, 0.1) is 19.1 Å². The maximum atomic E-state index is 10.7. The van der Waals surface area contributed by atoms with Crippen LogP contribution in [0.3, 0.4) is 0 Å². The Balaban J connectivity index is 2.14. The fourth-order valence-corrected chi connectivity index (χ4v) is 2.54. The molecule has 22 heavy (non-hydrogen) atoms. The van der Waals surface area contributed by atoms with E-state index in [1.54, 1.807) is 0 Å². The van der Waals surface area contributed by atoms with Crippen molar-refractivity contribution >= 4 is 17.1 Å². The number of anilines is 1. The predicted molar refractivity (Wildman–Crippen MR) is 75.1 cm³/mol. The Labute approximate surface area is 125 Å². The molecule has 3 heterocycles. The topological polar surface area (TPSA) is 140 Å². The van der Waals surface area contributed by atoms with E-state index in [9.17, 15) is 15.3 Å². The molecule has 1 aliphatic heterocycles. The van der Waals surface area contributed by atoms with Crippen molar-refractivity contribution in [3.05, 3.63) is 12.5 Å². The number of aromatic nitrogens is 4. The maximum absolute atomic E-state index is 10.7. The predicted octanol–water partition coefficient (Wildman–Crippen LogP) is -1.59. The normalized spacial score (nSPS) is 31.2. The van der Waals surface area contributed by atoms with Crippen molar-refractivity contribution in [3.8, 4) is 11.8 Å². The van der Waals surface area contributed by atoms with Gasteiger partial charge in [-0.1, -0.05) is 5.92 Å². The number of aliphatic hydroxyl groups is 3. The Morgan fingerprint density at radius 1 is 1.50 bits per heavy atom. The molecular weight excluding hydrogens is 290 g/mol. The minimum absolute atomic E-state index is 0.0385. The van der Waals surface area contributed by atoms with Crippen molar-refractivity contribution in [3.63, 3.8) is 0 Å². The molecule has 9 nitrogen and oxygen atoms in total. The summed E-state index contributed by atoms with van der Waals surface area (Å²) in [6.45, 7) is 1.06. The summed E-state index contributed by atoms with van der Waals surface area (Å²) in [7, 11) is 0. The van der Waals surface area contributed by atoms with Crippen molar-refractivity contribution in [1.29, 1.82) is 0 Å². The molecule has 2 aromatic heterocycles. The number of rotatable bonds is 2. The lowest BCUT2D eigenvalue weighted by molar-refractivity contribution is -0.0722. The fourth-order valence-electron chi connectivity index (χ4n) is 2.54. The second kappa shape index (κ2) is 5.19. The Kier molecular flexibility index (Phi) is 3.46. The van der Waals surface area contributed by atoms with Crippen LogP contribution in [-0.4, -0.2) is 59.3 Å². The molecule has 5 N–H and O–H groups in total. The lowest BCUT2D eigenvalue weighted by atomic mass is 9.94. The van der Waals surface area contributed by atoms with Gasteiger partial charge in [-0.25, -0.2) is 9.97 Å². The summed E-state index contributed by atoms with van der Waals surface area (Å²) in [5, 5.41) is 30.2. The van der Waals surface area contributed by atoms with Crippen molar-refractivity contribution in [2.45, 2.75) is 31.0 Å². The first kappa shape index (κ1) is 14.7. The van der Waals surface area contributed by atoms with Crippen LogP contribution in [0.4, 0.5) is 5.95 Å². The van der Waals surface area contributed by atoms with Gasteiger partial charge in [-0.2, -0.15) is 4.98 Å². The molecule has 116 valence electrons. The van der Waals surface area contributed by atoms with Crippen molar-refractivity contribution < 1.29 is 20.1 Å². The number of fused-ring (bicyclic) bond motifs is 1. The maximum Gasteiger partial charge on any atom is 0.222 e. The molecule has 3 rings (SSSR count). The number of hydrogen-bond acceptors (Lipinski definition) is 8. The average molecular weight is 305 g/mol. The lowest BCUT2D eigenvalue weighted by Gasteiger charge is -2.26. The molecule has 1 unspecified atom stereocenters. The van der Waals surface area contributed by atoms with Crippen LogP contribution < -0.4 is 5.73 Å². The summed E-state index contributed by atoms with van der Waals surface area (Å²) in [4.78, 5) is 12.0. The number of nitrogens with two attached hydrogens (primary N) is 1. The Morgan fingerprint density at radius 3 is 2.95 bits per heavy atom. The van der Waals surface area contributed by atoms with Crippen LogP contribution in [0.1, 0.15) is 13.2 Å². The second-order valence-electron chi connectivity index (χ2n) is 4.94. The zero-order valence-corrected chi connectivity index (χ0v) is 11.7. The van der Waals surface area contributed by atoms with Gasteiger partial charge < -0.3 is 25.8 Å². The monoisotopic (exact) mass is 305 g/mol. The van der Waals surface area contributed by atoms with E-state index in [1.165, 1.54) is 24.0 Å². The number of nitrogens with zero attached hydrogens (tertiary/aromatic N) is 4. The number of ether oxygens (including phenoxy) is 1. The molecule has 0 aromatic carbocycles. The lowest BCUT2D eigenvalue weighted by Crippen LogP contribution is -2.45. The first-order chi connectivity index (χ1) is 10.5. The van der Waals surface area contributed by atoms with Crippen LogP contribution in [0.2, 0.25) is 0 Å². The van der Waals surface area contributed by atoms with Gasteiger partial charge in [-0.15, -0.1) is 5.92 Å². The van der Waals surface area contributed by atoms with E-state index < -0.39 is 30.6 Å². The molecule has 2 aromatic rings. The van der Waals surface area contributed by atoms with Crippen LogP contribution >= 0.6 is 0 Å². The van der Waals surface area contributed by atoms with E-state index in [0.29, 0.717) is 11.2 Å². The van der Waals surface area contributed by atoms with Gasteiger partial charge in [-0.05, 0) is 6.92 Å². The molecule has 0 saturated carbocycles.